The van der Waals surface area contributed by atoms with E-state index in [1.165, 1.54) is 11.3 Å². The smallest absolute Gasteiger partial charge is 0.314 e. The number of pyridine rings is 1. The number of likely N-dealkylation sites (tertiary alicyclic amines) is 1. The van der Waals surface area contributed by atoms with E-state index in [1.54, 1.807) is 6.20 Å². The SMILES string of the molecule is O=C1CCCC[N+]1(Cc1coc2cc(Oc3nc4ncccc4s3)ccc12)C1CCNCC1. The van der Waals surface area contributed by atoms with E-state index < -0.39 is 0 Å². The number of carbonyl (C=O) groups is 1. The Balaban J connectivity index is 1.28. The topological polar surface area (TPSA) is 77.2 Å². The number of furan rings is 1. The van der Waals surface area contributed by atoms with Gasteiger partial charge in [0.15, 0.2) is 5.65 Å². The second-order valence-electron chi connectivity index (χ2n) is 9.07. The fourth-order valence-corrected chi connectivity index (χ4v) is 6.24. The molecule has 7 nitrogen and oxygen atoms in total. The molecule has 0 radical (unpaired) electrons. The number of benzene rings is 1. The predicted molar refractivity (Wildman–Crippen MR) is 127 cm³/mol. The lowest BCUT2D eigenvalue weighted by atomic mass is 9.94. The second kappa shape index (κ2) is 8.52. The highest BCUT2D eigenvalue weighted by Crippen LogP contribution is 2.36. The highest BCUT2D eigenvalue weighted by atomic mass is 32.1. The number of aromatic nitrogens is 2. The van der Waals surface area contributed by atoms with E-state index in [0.717, 1.165) is 66.6 Å². The van der Waals surface area contributed by atoms with Crippen molar-refractivity contribution in [2.75, 3.05) is 19.6 Å². The Labute approximate surface area is 196 Å². The number of piperidine rings is 2. The summed E-state index contributed by atoms with van der Waals surface area (Å²) in [5.41, 5.74) is 2.57. The quantitative estimate of drug-likeness (QED) is 0.419. The highest BCUT2D eigenvalue weighted by molar-refractivity contribution is 7.20. The molecule has 3 aromatic heterocycles. The molecule has 6 rings (SSSR count). The summed E-state index contributed by atoms with van der Waals surface area (Å²) in [5, 5.41) is 5.06. The molecule has 33 heavy (non-hydrogen) atoms. The summed E-state index contributed by atoms with van der Waals surface area (Å²) in [4.78, 5) is 22.0. The molecule has 1 unspecified atom stereocenters. The molecule has 4 aromatic rings. The second-order valence-corrected chi connectivity index (χ2v) is 10.1. The van der Waals surface area contributed by atoms with Crippen molar-refractivity contribution in [3.63, 3.8) is 0 Å². The molecule has 1 N–H and O–H groups in total. The van der Waals surface area contributed by atoms with E-state index in [1.807, 2.05) is 36.6 Å². The van der Waals surface area contributed by atoms with Gasteiger partial charge in [-0.3, -0.25) is 4.48 Å². The van der Waals surface area contributed by atoms with Crippen molar-refractivity contribution in [2.24, 2.45) is 0 Å². The van der Waals surface area contributed by atoms with Gasteiger partial charge < -0.3 is 14.5 Å². The Morgan fingerprint density at radius 2 is 2.12 bits per heavy atom. The van der Waals surface area contributed by atoms with Crippen LogP contribution in [0.3, 0.4) is 0 Å². The lowest BCUT2D eigenvalue weighted by Crippen LogP contribution is -2.62. The first-order valence-electron chi connectivity index (χ1n) is 11.7. The first kappa shape index (κ1) is 20.8. The Hall–Kier alpha value is -2.81. The average molecular weight is 464 g/mol. The standard InChI is InChI=1S/C25H27N4O3S/c30-23-5-1-2-13-29(23,18-8-11-26-12-9-18)15-17-16-31-21-14-19(6-7-20(17)21)32-25-28-24-22(33-25)4-3-10-27-24/h3-4,6-7,10,14,16,18,26H,1-2,5,8-9,11-13,15H2/q+1. The van der Waals surface area contributed by atoms with Crippen LogP contribution < -0.4 is 10.1 Å². The number of amides is 1. The van der Waals surface area contributed by atoms with E-state index in [2.05, 4.69) is 15.3 Å². The van der Waals surface area contributed by atoms with Crippen LogP contribution in [0.2, 0.25) is 0 Å². The van der Waals surface area contributed by atoms with Gasteiger partial charge in [-0.1, -0.05) is 11.3 Å². The van der Waals surface area contributed by atoms with Gasteiger partial charge in [-0.2, -0.15) is 4.98 Å². The van der Waals surface area contributed by atoms with Crippen LogP contribution in [0, 0.1) is 0 Å². The molecule has 2 aliphatic heterocycles. The fourth-order valence-electron chi connectivity index (χ4n) is 5.45. The van der Waals surface area contributed by atoms with Gasteiger partial charge in [-0.15, -0.1) is 0 Å². The van der Waals surface area contributed by atoms with E-state index in [9.17, 15) is 4.79 Å². The fraction of sp³-hybridized carbons (Fsp3) is 0.400. The summed E-state index contributed by atoms with van der Waals surface area (Å²) in [6, 6.07) is 10.2. The molecule has 2 fully saturated rings. The first-order valence-corrected chi connectivity index (χ1v) is 12.5. The van der Waals surface area contributed by atoms with Crippen LogP contribution in [0.5, 0.6) is 10.9 Å². The molecule has 1 atom stereocenters. The Bertz CT molecular complexity index is 1280. The molecular formula is C25H27N4O3S+. The number of nitrogens with one attached hydrogen (secondary N) is 1. The van der Waals surface area contributed by atoms with Gasteiger partial charge in [0.1, 0.15) is 24.1 Å². The molecule has 2 saturated heterocycles. The third-order valence-electron chi connectivity index (χ3n) is 7.13. The molecule has 0 bridgehead atoms. The van der Waals surface area contributed by atoms with E-state index in [-0.39, 0.29) is 0 Å². The molecule has 8 heteroatoms. The number of rotatable bonds is 5. The molecular weight excluding hydrogens is 436 g/mol. The maximum atomic E-state index is 13.3. The Morgan fingerprint density at radius 3 is 2.97 bits per heavy atom. The minimum Gasteiger partial charge on any atom is -0.464 e. The van der Waals surface area contributed by atoms with Gasteiger partial charge in [-0.25, -0.2) is 9.78 Å². The summed E-state index contributed by atoms with van der Waals surface area (Å²) in [5.74, 6) is 1.07. The zero-order valence-electron chi connectivity index (χ0n) is 18.5. The number of fused-ring (bicyclic) bond motifs is 2. The van der Waals surface area contributed by atoms with Crippen molar-refractivity contribution >= 4 is 38.6 Å². The third kappa shape index (κ3) is 3.82. The molecule has 1 aromatic carbocycles. The molecule has 1 amide bonds. The summed E-state index contributed by atoms with van der Waals surface area (Å²) in [6.45, 7) is 3.63. The van der Waals surface area contributed by atoms with E-state index >= 15 is 0 Å². The van der Waals surface area contributed by atoms with Crippen molar-refractivity contribution in [3.05, 3.63) is 48.4 Å². The van der Waals surface area contributed by atoms with Gasteiger partial charge in [0, 0.05) is 43.6 Å². The number of carbonyl (C=O) groups excluding carboxylic acids is 1. The number of nitrogens with zero attached hydrogens (tertiary/aromatic N) is 3. The number of hydrogen-bond donors (Lipinski definition) is 1. The monoisotopic (exact) mass is 463 g/mol. The van der Waals surface area contributed by atoms with Crippen molar-refractivity contribution in [3.8, 4) is 10.9 Å². The van der Waals surface area contributed by atoms with Crippen LogP contribution >= 0.6 is 11.3 Å². The normalized spacial score (nSPS) is 22.2. The number of quaternary nitrogens is 1. The lowest BCUT2D eigenvalue weighted by molar-refractivity contribution is -0.896. The zero-order chi connectivity index (χ0) is 22.3. The largest absolute Gasteiger partial charge is 0.464 e. The van der Waals surface area contributed by atoms with Gasteiger partial charge in [0.2, 0.25) is 0 Å². The van der Waals surface area contributed by atoms with Crippen LogP contribution in [-0.4, -0.2) is 46.0 Å². The molecule has 5 heterocycles. The number of hydrogen-bond acceptors (Lipinski definition) is 7. The number of ether oxygens (including phenoxy) is 1. The Morgan fingerprint density at radius 1 is 1.21 bits per heavy atom. The van der Waals surface area contributed by atoms with Crippen LogP contribution in [0.25, 0.3) is 21.3 Å². The van der Waals surface area contributed by atoms with Gasteiger partial charge in [0.05, 0.1) is 29.3 Å². The van der Waals surface area contributed by atoms with Crippen molar-refractivity contribution in [2.45, 2.75) is 44.7 Å². The Kier molecular flexibility index (Phi) is 5.36. The third-order valence-corrected chi connectivity index (χ3v) is 8.02. The maximum absolute atomic E-state index is 13.3. The van der Waals surface area contributed by atoms with Crippen LogP contribution in [0.1, 0.15) is 37.7 Å². The van der Waals surface area contributed by atoms with Crippen LogP contribution in [-0.2, 0) is 11.3 Å². The van der Waals surface area contributed by atoms with Crippen LogP contribution in [0.15, 0.2) is 47.2 Å². The zero-order valence-corrected chi connectivity index (χ0v) is 19.3. The minimum atomic E-state index is 0.388. The van der Waals surface area contributed by atoms with Crippen molar-refractivity contribution in [1.29, 1.82) is 0 Å². The highest BCUT2D eigenvalue weighted by Gasteiger charge is 2.46. The first-order chi connectivity index (χ1) is 16.2. The predicted octanol–water partition coefficient (Wildman–Crippen LogP) is 5.01. The molecule has 0 saturated carbocycles. The van der Waals surface area contributed by atoms with E-state index in [0.29, 0.717) is 46.0 Å². The van der Waals surface area contributed by atoms with Gasteiger partial charge in [-0.05, 0) is 37.1 Å². The summed E-state index contributed by atoms with van der Waals surface area (Å²) >= 11 is 1.47. The summed E-state index contributed by atoms with van der Waals surface area (Å²) in [7, 11) is 0. The number of thiazole rings is 1. The lowest BCUT2D eigenvalue weighted by Gasteiger charge is -2.46. The summed E-state index contributed by atoms with van der Waals surface area (Å²) in [6.07, 6.45) is 8.48. The van der Waals surface area contributed by atoms with E-state index in [4.69, 9.17) is 9.15 Å². The maximum Gasteiger partial charge on any atom is 0.314 e. The molecule has 2 aliphatic rings. The molecule has 0 spiro atoms. The molecule has 0 aliphatic carbocycles. The average Bonchev–Trinajstić information content (AvgIpc) is 3.44. The minimum absolute atomic E-state index is 0.388. The van der Waals surface area contributed by atoms with Gasteiger partial charge >= 0.3 is 5.91 Å². The van der Waals surface area contributed by atoms with Crippen molar-refractivity contribution in [1.82, 2.24) is 15.3 Å². The molecule has 170 valence electrons. The summed E-state index contributed by atoms with van der Waals surface area (Å²) < 4.78 is 13.5. The van der Waals surface area contributed by atoms with Crippen LogP contribution in [0.4, 0.5) is 0 Å². The van der Waals surface area contributed by atoms with Crippen molar-refractivity contribution < 1.29 is 18.4 Å². The van der Waals surface area contributed by atoms with Gasteiger partial charge in [0.25, 0.3) is 5.19 Å².